The number of carbonyl (C=O) groups excluding carboxylic acids is 2. The van der Waals surface area contributed by atoms with Gasteiger partial charge in [0, 0.05) is 44.7 Å². The maximum Gasteiger partial charge on any atom is 0.250 e. The van der Waals surface area contributed by atoms with E-state index < -0.39 is 0 Å². The third-order valence-electron chi connectivity index (χ3n) is 8.50. The fraction of sp³-hybridized carbons (Fsp3) is 0.562. The Kier molecular flexibility index (Phi) is 9.20. The molecule has 0 aromatic heterocycles. The number of hydrogen-bond acceptors (Lipinski definition) is 5. The molecule has 0 bridgehead atoms. The Morgan fingerprint density at radius 1 is 0.949 bits per heavy atom. The molecular formula is C32H44N4O3. The summed E-state index contributed by atoms with van der Waals surface area (Å²) in [5.41, 5.74) is 11.3. The van der Waals surface area contributed by atoms with Gasteiger partial charge < -0.3 is 25.6 Å². The van der Waals surface area contributed by atoms with Crippen molar-refractivity contribution in [2.75, 3.05) is 37.0 Å². The molecule has 1 aliphatic heterocycles. The van der Waals surface area contributed by atoms with Gasteiger partial charge in [-0.2, -0.15) is 0 Å². The summed E-state index contributed by atoms with van der Waals surface area (Å²) in [6.07, 6.45) is 10.8. The number of benzene rings is 2. The Morgan fingerprint density at radius 3 is 2.36 bits per heavy atom. The van der Waals surface area contributed by atoms with Crippen LogP contribution >= 0.6 is 0 Å². The summed E-state index contributed by atoms with van der Waals surface area (Å²) in [5.74, 6) is 0.361. The van der Waals surface area contributed by atoms with Crippen molar-refractivity contribution in [3.05, 3.63) is 48.0 Å². The largest absolute Gasteiger partial charge is 0.375 e. The highest BCUT2D eigenvalue weighted by atomic mass is 16.5. The number of amides is 2. The van der Waals surface area contributed by atoms with Crippen LogP contribution in [0.4, 0.5) is 11.4 Å². The monoisotopic (exact) mass is 532 g/mol. The molecule has 2 aromatic rings. The van der Waals surface area contributed by atoms with E-state index in [1.165, 1.54) is 20.0 Å². The van der Waals surface area contributed by atoms with Gasteiger partial charge in [-0.1, -0.05) is 37.1 Å². The average Bonchev–Trinajstić information content (AvgIpc) is 3.80. The first-order valence-corrected chi connectivity index (χ1v) is 14.8. The van der Waals surface area contributed by atoms with Gasteiger partial charge in [-0.3, -0.25) is 9.59 Å². The van der Waals surface area contributed by atoms with Crippen LogP contribution in [-0.2, 0) is 20.9 Å². The topological polar surface area (TPSA) is 87.9 Å². The van der Waals surface area contributed by atoms with Crippen LogP contribution in [0.2, 0.25) is 0 Å². The molecular weight excluding hydrogens is 488 g/mol. The smallest absolute Gasteiger partial charge is 0.250 e. The molecule has 3 fully saturated rings. The molecule has 39 heavy (non-hydrogen) atoms. The summed E-state index contributed by atoms with van der Waals surface area (Å²) >= 11 is 0. The van der Waals surface area contributed by atoms with Gasteiger partial charge in [0.2, 0.25) is 11.8 Å². The number of carbonyl (C=O) groups is 2. The third-order valence-corrected chi connectivity index (χ3v) is 8.50. The van der Waals surface area contributed by atoms with Gasteiger partial charge in [-0.15, -0.1) is 0 Å². The summed E-state index contributed by atoms with van der Waals surface area (Å²) in [4.78, 5) is 30.4. The highest BCUT2D eigenvalue weighted by Crippen LogP contribution is 2.36. The van der Waals surface area contributed by atoms with Gasteiger partial charge in [-0.05, 0) is 86.3 Å². The summed E-state index contributed by atoms with van der Waals surface area (Å²) in [7, 11) is 1.54. The standard InChI is InChI=1S/C32H44N4O3/c1-39-22-31(37)34-29-20-26(11-16-30(29)35-17-4-2-3-5-18-35)25-8-6-7-23(19-25)21-36(32(38)24-9-10-24)28-14-12-27(33)13-15-28/h6-8,11,16,19-20,24,27-28H,2-5,9-10,12-15,17-18,21-22,33H2,1H3,(H,34,37). The molecule has 0 unspecified atom stereocenters. The van der Waals surface area contributed by atoms with E-state index in [0.29, 0.717) is 12.5 Å². The van der Waals surface area contributed by atoms with Crippen molar-refractivity contribution in [3.8, 4) is 11.1 Å². The van der Waals surface area contributed by atoms with E-state index in [1.807, 2.05) is 0 Å². The predicted molar refractivity (Wildman–Crippen MR) is 157 cm³/mol. The lowest BCUT2D eigenvalue weighted by Gasteiger charge is -2.36. The van der Waals surface area contributed by atoms with Crippen molar-refractivity contribution < 1.29 is 14.3 Å². The van der Waals surface area contributed by atoms with Crippen molar-refractivity contribution in [3.63, 3.8) is 0 Å². The van der Waals surface area contributed by atoms with Gasteiger partial charge in [0.25, 0.3) is 0 Å². The summed E-state index contributed by atoms with van der Waals surface area (Å²) in [6.45, 7) is 2.65. The Labute approximate surface area is 233 Å². The van der Waals surface area contributed by atoms with E-state index in [9.17, 15) is 9.59 Å². The lowest BCUT2D eigenvalue weighted by atomic mass is 9.90. The number of nitrogens with two attached hydrogens (primary N) is 1. The second-order valence-electron chi connectivity index (χ2n) is 11.6. The van der Waals surface area contributed by atoms with Gasteiger partial charge >= 0.3 is 0 Å². The molecule has 1 saturated heterocycles. The first-order valence-electron chi connectivity index (χ1n) is 14.8. The van der Waals surface area contributed by atoms with E-state index in [4.69, 9.17) is 10.5 Å². The zero-order chi connectivity index (χ0) is 27.2. The van der Waals surface area contributed by atoms with Crippen LogP contribution in [0.1, 0.15) is 69.8 Å². The lowest BCUT2D eigenvalue weighted by Crippen LogP contribution is -2.44. The first-order chi connectivity index (χ1) is 19.0. The minimum Gasteiger partial charge on any atom is -0.375 e. The van der Waals surface area contributed by atoms with Crippen LogP contribution in [0.25, 0.3) is 11.1 Å². The Morgan fingerprint density at radius 2 is 1.67 bits per heavy atom. The Bertz CT molecular complexity index is 1130. The summed E-state index contributed by atoms with van der Waals surface area (Å²) < 4.78 is 5.08. The molecule has 7 nitrogen and oxygen atoms in total. The van der Waals surface area contributed by atoms with Crippen molar-refractivity contribution in [1.29, 1.82) is 0 Å². The fourth-order valence-electron chi connectivity index (χ4n) is 6.13. The van der Waals surface area contributed by atoms with Crippen LogP contribution in [-0.4, -0.2) is 55.6 Å². The molecule has 1 heterocycles. The molecule has 210 valence electrons. The number of methoxy groups -OCH3 is 1. The fourth-order valence-corrected chi connectivity index (χ4v) is 6.13. The van der Waals surface area contributed by atoms with E-state index >= 15 is 0 Å². The molecule has 3 N–H and O–H groups in total. The second-order valence-corrected chi connectivity index (χ2v) is 11.6. The molecule has 3 aliphatic rings. The van der Waals surface area contributed by atoms with Crippen molar-refractivity contribution in [1.82, 2.24) is 4.90 Å². The SMILES string of the molecule is COCC(=O)Nc1cc(-c2cccc(CN(C(=O)C3CC3)C3CCC(N)CC3)c2)ccc1N1CCCCCC1. The Hall–Kier alpha value is -2.90. The van der Waals surface area contributed by atoms with Crippen molar-refractivity contribution in [2.24, 2.45) is 11.7 Å². The van der Waals surface area contributed by atoms with Crippen molar-refractivity contribution in [2.45, 2.75) is 82.8 Å². The minimum atomic E-state index is -0.152. The van der Waals surface area contributed by atoms with Crippen LogP contribution in [0, 0.1) is 5.92 Å². The molecule has 2 aromatic carbocycles. The zero-order valence-electron chi connectivity index (χ0n) is 23.4. The number of anilines is 2. The molecule has 7 heteroatoms. The maximum absolute atomic E-state index is 13.3. The second kappa shape index (κ2) is 13.0. The lowest BCUT2D eigenvalue weighted by molar-refractivity contribution is -0.136. The number of hydrogen-bond donors (Lipinski definition) is 2. The molecule has 0 atom stereocenters. The van der Waals surface area contributed by atoms with E-state index in [2.05, 4.69) is 57.6 Å². The Balaban J connectivity index is 1.39. The molecule has 2 amide bonds. The van der Waals surface area contributed by atoms with E-state index in [0.717, 1.165) is 92.5 Å². The zero-order valence-corrected chi connectivity index (χ0v) is 23.4. The van der Waals surface area contributed by atoms with E-state index in [-0.39, 0.29) is 30.5 Å². The normalized spacial score (nSPS) is 21.7. The molecule has 5 rings (SSSR count). The average molecular weight is 533 g/mol. The molecule has 0 radical (unpaired) electrons. The van der Waals surface area contributed by atoms with Crippen LogP contribution < -0.4 is 16.0 Å². The summed E-state index contributed by atoms with van der Waals surface area (Å²) in [6, 6.07) is 15.4. The summed E-state index contributed by atoms with van der Waals surface area (Å²) in [5, 5.41) is 3.10. The van der Waals surface area contributed by atoms with E-state index in [1.54, 1.807) is 0 Å². The number of rotatable bonds is 9. The minimum absolute atomic E-state index is 0.0239. The highest BCUT2D eigenvalue weighted by Gasteiger charge is 2.37. The quantitative estimate of drug-likeness (QED) is 0.456. The predicted octanol–water partition coefficient (Wildman–Crippen LogP) is 5.33. The molecule has 2 aliphatic carbocycles. The number of ether oxygens (including phenoxy) is 1. The van der Waals surface area contributed by atoms with Gasteiger partial charge in [0.05, 0.1) is 11.4 Å². The third kappa shape index (κ3) is 7.20. The van der Waals surface area contributed by atoms with Crippen LogP contribution in [0.5, 0.6) is 0 Å². The highest BCUT2D eigenvalue weighted by molar-refractivity contribution is 5.96. The molecule has 0 spiro atoms. The van der Waals surface area contributed by atoms with Crippen LogP contribution in [0.15, 0.2) is 42.5 Å². The molecule has 2 saturated carbocycles. The first kappa shape index (κ1) is 27.7. The number of nitrogens with zero attached hydrogens (tertiary/aromatic N) is 2. The number of nitrogens with one attached hydrogen (secondary N) is 1. The maximum atomic E-state index is 13.3. The van der Waals surface area contributed by atoms with Gasteiger partial charge in [-0.25, -0.2) is 0 Å². The van der Waals surface area contributed by atoms with Gasteiger partial charge in [0.15, 0.2) is 0 Å². The van der Waals surface area contributed by atoms with Crippen LogP contribution in [0.3, 0.4) is 0 Å². The van der Waals surface area contributed by atoms with Crippen molar-refractivity contribution >= 4 is 23.2 Å². The van der Waals surface area contributed by atoms with Gasteiger partial charge in [0.1, 0.15) is 6.61 Å².